The third kappa shape index (κ3) is 4.91. The molecule has 1 fully saturated rings. The number of halogens is 4. The fraction of sp³-hybridized carbons (Fsp3) is 0.370. The minimum Gasteiger partial charge on any atom is -0.379 e. The molecule has 2 aromatic carbocycles. The lowest BCUT2D eigenvalue weighted by Crippen LogP contribution is -2.54. The number of rotatable bonds is 4. The van der Waals surface area contributed by atoms with Crippen LogP contribution in [0.3, 0.4) is 0 Å². The summed E-state index contributed by atoms with van der Waals surface area (Å²) in [6.07, 6.45) is -3.98. The largest absolute Gasteiger partial charge is 0.417 e. The number of alkyl halides is 3. The van der Waals surface area contributed by atoms with Gasteiger partial charge in [-0.25, -0.2) is 9.18 Å². The maximum Gasteiger partial charge on any atom is 0.417 e. The second-order valence-corrected chi connectivity index (χ2v) is 10.6. The van der Waals surface area contributed by atoms with Gasteiger partial charge >= 0.3 is 11.9 Å². The fourth-order valence-electron chi connectivity index (χ4n) is 5.23. The molecular formula is C27H26F4N4O3S. The first-order valence-corrected chi connectivity index (χ1v) is 13.3. The Kier molecular flexibility index (Phi) is 7.19. The van der Waals surface area contributed by atoms with E-state index in [-0.39, 0.29) is 52.3 Å². The smallest absolute Gasteiger partial charge is 0.379 e. The van der Waals surface area contributed by atoms with Crippen molar-refractivity contribution >= 4 is 34.4 Å². The number of methoxy groups -OCH3 is 1. The molecule has 206 valence electrons. The van der Waals surface area contributed by atoms with Gasteiger partial charge in [-0.05, 0) is 36.8 Å². The molecule has 2 aliphatic rings. The number of anilines is 1. The average molecular weight is 563 g/mol. The van der Waals surface area contributed by atoms with E-state index in [1.807, 2.05) is 6.92 Å². The lowest BCUT2D eigenvalue weighted by atomic mass is 9.96. The first kappa shape index (κ1) is 27.2. The van der Waals surface area contributed by atoms with Gasteiger partial charge in [0.15, 0.2) is 0 Å². The highest BCUT2D eigenvalue weighted by Crippen LogP contribution is 2.48. The molecule has 3 heterocycles. The van der Waals surface area contributed by atoms with Gasteiger partial charge in [-0.1, -0.05) is 18.7 Å². The summed E-state index contributed by atoms with van der Waals surface area (Å²) >= 11 is 1.17. The molecule has 3 aromatic rings. The molecule has 0 bridgehead atoms. The molecule has 1 saturated heterocycles. The SMILES string of the molecule is C=CC(=O)N1CCN(c2nc(=O)n3c4c(c(-c5ccc(F)cc5)c(C(F)(F)F)cc24)SCC(OC)C3)[C@@H](C)C1. The summed E-state index contributed by atoms with van der Waals surface area (Å²) in [4.78, 5) is 33.5. The van der Waals surface area contributed by atoms with Crippen LogP contribution in [-0.4, -0.2) is 65.0 Å². The van der Waals surface area contributed by atoms with Crippen LogP contribution in [0.25, 0.3) is 22.0 Å². The molecule has 2 atom stereocenters. The highest BCUT2D eigenvalue weighted by Gasteiger charge is 2.39. The Morgan fingerprint density at radius 1 is 1.21 bits per heavy atom. The van der Waals surface area contributed by atoms with Gasteiger partial charge in [0.05, 0.1) is 23.7 Å². The maximum absolute atomic E-state index is 14.7. The average Bonchev–Trinajstić information content (AvgIpc) is 3.11. The van der Waals surface area contributed by atoms with E-state index in [0.29, 0.717) is 24.4 Å². The van der Waals surface area contributed by atoms with E-state index in [4.69, 9.17) is 4.74 Å². The van der Waals surface area contributed by atoms with Gasteiger partial charge in [0.2, 0.25) is 5.91 Å². The van der Waals surface area contributed by atoms with Crippen molar-refractivity contribution in [2.75, 3.05) is 37.4 Å². The van der Waals surface area contributed by atoms with Gasteiger partial charge in [-0.15, -0.1) is 11.8 Å². The predicted molar refractivity (Wildman–Crippen MR) is 142 cm³/mol. The van der Waals surface area contributed by atoms with Crippen LogP contribution in [0.5, 0.6) is 0 Å². The quantitative estimate of drug-likeness (QED) is 0.343. The van der Waals surface area contributed by atoms with Gasteiger partial charge in [-0.3, -0.25) is 9.36 Å². The number of piperazine rings is 1. The topological polar surface area (TPSA) is 67.7 Å². The lowest BCUT2D eigenvalue weighted by molar-refractivity contribution is -0.137. The molecule has 1 aromatic heterocycles. The van der Waals surface area contributed by atoms with Gasteiger partial charge in [-0.2, -0.15) is 18.2 Å². The van der Waals surface area contributed by atoms with Crippen molar-refractivity contribution in [2.45, 2.75) is 36.7 Å². The summed E-state index contributed by atoms with van der Waals surface area (Å²) < 4.78 is 64.6. The summed E-state index contributed by atoms with van der Waals surface area (Å²) in [6, 6.07) is 5.56. The van der Waals surface area contributed by atoms with E-state index in [0.717, 1.165) is 18.2 Å². The number of nitrogens with zero attached hydrogens (tertiary/aromatic N) is 4. The molecular weight excluding hydrogens is 536 g/mol. The van der Waals surface area contributed by atoms with Crippen LogP contribution in [0, 0.1) is 5.82 Å². The summed E-state index contributed by atoms with van der Waals surface area (Å²) in [5.41, 5.74) is -1.10. The van der Waals surface area contributed by atoms with Crippen LogP contribution in [0.2, 0.25) is 0 Å². The van der Waals surface area contributed by atoms with Gasteiger partial charge < -0.3 is 14.5 Å². The second kappa shape index (κ2) is 10.3. The molecule has 39 heavy (non-hydrogen) atoms. The molecule has 1 unspecified atom stereocenters. The molecule has 12 heteroatoms. The first-order chi connectivity index (χ1) is 18.5. The Bertz CT molecular complexity index is 1510. The molecule has 2 aliphatic heterocycles. The molecule has 5 rings (SSSR count). The van der Waals surface area contributed by atoms with E-state index >= 15 is 0 Å². The van der Waals surface area contributed by atoms with Crippen molar-refractivity contribution < 1.29 is 27.1 Å². The normalized spacial score (nSPS) is 19.7. The third-order valence-electron chi connectivity index (χ3n) is 7.16. The zero-order valence-corrected chi connectivity index (χ0v) is 22.1. The molecule has 0 N–H and O–H groups in total. The van der Waals surface area contributed by atoms with E-state index in [1.54, 1.807) is 9.80 Å². The number of benzene rings is 2. The van der Waals surface area contributed by atoms with Gasteiger partial charge in [0, 0.05) is 54.4 Å². The molecule has 0 spiro atoms. The second-order valence-electron chi connectivity index (χ2n) is 9.56. The monoisotopic (exact) mass is 562 g/mol. The number of ether oxygens (including phenoxy) is 1. The highest BCUT2D eigenvalue weighted by atomic mass is 32.2. The molecule has 1 amide bonds. The minimum absolute atomic E-state index is 0.114. The zero-order chi connectivity index (χ0) is 28.1. The predicted octanol–water partition coefficient (Wildman–Crippen LogP) is 4.57. The van der Waals surface area contributed by atoms with Crippen LogP contribution in [0.15, 0.2) is 52.7 Å². The van der Waals surface area contributed by atoms with Crippen LogP contribution < -0.4 is 10.6 Å². The van der Waals surface area contributed by atoms with Gasteiger partial charge in [0.1, 0.15) is 11.6 Å². The van der Waals surface area contributed by atoms with Crippen LogP contribution in [-0.2, 0) is 22.3 Å². The maximum atomic E-state index is 14.7. The summed E-state index contributed by atoms with van der Waals surface area (Å²) in [6.45, 7) is 6.33. The van der Waals surface area contributed by atoms with Crippen molar-refractivity contribution in [3.05, 3.63) is 64.9 Å². The van der Waals surface area contributed by atoms with E-state index in [1.165, 1.54) is 41.6 Å². The van der Waals surface area contributed by atoms with Crippen molar-refractivity contribution in [1.29, 1.82) is 0 Å². The van der Waals surface area contributed by atoms with E-state index in [2.05, 4.69) is 11.6 Å². The van der Waals surface area contributed by atoms with Crippen LogP contribution in [0.4, 0.5) is 23.4 Å². The van der Waals surface area contributed by atoms with Crippen molar-refractivity contribution in [2.24, 2.45) is 0 Å². The molecule has 0 saturated carbocycles. The highest BCUT2D eigenvalue weighted by molar-refractivity contribution is 7.99. The molecule has 7 nitrogen and oxygen atoms in total. The number of aromatic nitrogens is 2. The lowest BCUT2D eigenvalue weighted by Gasteiger charge is -2.40. The van der Waals surface area contributed by atoms with Crippen LogP contribution >= 0.6 is 11.8 Å². The minimum atomic E-state index is -4.75. The Balaban J connectivity index is 1.81. The number of thioether (sulfide) groups is 1. The summed E-state index contributed by atoms with van der Waals surface area (Å²) in [5.74, 6) is -0.375. The van der Waals surface area contributed by atoms with Crippen molar-refractivity contribution in [3.8, 4) is 11.1 Å². The summed E-state index contributed by atoms with van der Waals surface area (Å²) in [7, 11) is 1.49. The van der Waals surface area contributed by atoms with Crippen molar-refractivity contribution in [3.63, 3.8) is 0 Å². The number of hydrogen-bond donors (Lipinski definition) is 0. The summed E-state index contributed by atoms with van der Waals surface area (Å²) in [5, 5.41) is 0.183. The Hall–Kier alpha value is -3.38. The number of carbonyl (C=O) groups is 1. The number of hydrogen-bond acceptors (Lipinski definition) is 6. The first-order valence-electron chi connectivity index (χ1n) is 12.3. The Morgan fingerprint density at radius 2 is 1.92 bits per heavy atom. The van der Waals surface area contributed by atoms with E-state index < -0.39 is 29.4 Å². The molecule has 0 radical (unpaired) electrons. The van der Waals surface area contributed by atoms with Gasteiger partial charge in [0.25, 0.3) is 0 Å². The van der Waals surface area contributed by atoms with Crippen molar-refractivity contribution in [1.82, 2.24) is 14.5 Å². The Labute approximate surface area is 226 Å². The number of carbonyl (C=O) groups excluding carboxylic acids is 1. The molecule has 0 aliphatic carbocycles. The fourth-order valence-corrected chi connectivity index (χ4v) is 6.55. The zero-order valence-electron chi connectivity index (χ0n) is 21.3. The standard InChI is InChI=1S/C27H26F4N4O3S/c1-4-21(36)33-9-10-34(15(2)12-33)25-19-11-20(27(29,30)31)22(16-5-7-17(28)8-6-16)24-23(19)35(26(37)32-25)13-18(38-3)14-39-24/h4-8,11,15,18H,1,9-10,12-14H2,2-3H3/t15-,18?/m0/s1. The Morgan fingerprint density at radius 3 is 2.54 bits per heavy atom. The van der Waals surface area contributed by atoms with Crippen LogP contribution in [0.1, 0.15) is 12.5 Å². The third-order valence-corrected chi connectivity index (χ3v) is 8.38. The van der Waals surface area contributed by atoms with E-state index in [9.17, 15) is 27.2 Å². The number of amides is 1.